The first-order valence-electron chi connectivity index (χ1n) is 10.2. The van der Waals surface area contributed by atoms with E-state index in [1.54, 1.807) is 38.2 Å². The van der Waals surface area contributed by atoms with Crippen molar-refractivity contribution in [1.82, 2.24) is 4.90 Å². The molecule has 1 saturated heterocycles. The highest BCUT2D eigenvalue weighted by Gasteiger charge is 2.75. The Balaban J connectivity index is 2.07. The molecule has 0 radical (unpaired) electrons. The molecule has 160 valence electrons. The van der Waals surface area contributed by atoms with Crippen LogP contribution in [0, 0.1) is 30.6 Å². The molecule has 0 aromatic heterocycles. The molecule has 2 aliphatic heterocycles. The highest BCUT2D eigenvalue weighted by molar-refractivity contribution is 6.30. The maximum absolute atomic E-state index is 13.7. The van der Waals surface area contributed by atoms with Gasteiger partial charge in [0.1, 0.15) is 0 Å². The van der Waals surface area contributed by atoms with Gasteiger partial charge in [-0.1, -0.05) is 41.4 Å². The van der Waals surface area contributed by atoms with Crippen LogP contribution in [0.15, 0.2) is 36.4 Å². The topological polar surface area (TPSA) is 82.4 Å². The zero-order valence-electron chi connectivity index (χ0n) is 18.0. The van der Waals surface area contributed by atoms with Crippen LogP contribution in [0.5, 0.6) is 0 Å². The number of fused-ring (bicyclic) bond motifs is 2. The van der Waals surface area contributed by atoms with Crippen LogP contribution in [0.25, 0.3) is 0 Å². The van der Waals surface area contributed by atoms with E-state index in [9.17, 15) is 14.9 Å². The molecule has 1 fully saturated rings. The first kappa shape index (κ1) is 21.4. The third kappa shape index (κ3) is 2.67. The fraction of sp³-hybridized carbons (Fsp3) is 0.375. The second-order valence-electron chi connectivity index (χ2n) is 8.29. The van der Waals surface area contributed by atoms with E-state index < -0.39 is 22.8 Å². The Kier molecular flexibility index (Phi) is 5.07. The number of nitrogens with zero attached hydrogens (tertiary/aromatic N) is 2. The van der Waals surface area contributed by atoms with E-state index in [-0.39, 0.29) is 12.5 Å². The summed E-state index contributed by atoms with van der Waals surface area (Å²) < 4.78 is 5.46. The Morgan fingerprint density at radius 3 is 2.61 bits per heavy atom. The van der Waals surface area contributed by atoms with Crippen molar-refractivity contribution in [3.05, 3.63) is 63.7 Å². The van der Waals surface area contributed by atoms with E-state index in [2.05, 4.69) is 11.4 Å². The van der Waals surface area contributed by atoms with E-state index >= 15 is 0 Å². The molecule has 2 heterocycles. The molecule has 0 unspecified atom stereocenters. The highest BCUT2D eigenvalue weighted by Crippen LogP contribution is 2.62. The monoisotopic (exact) mass is 437 g/mol. The second-order valence-corrected chi connectivity index (χ2v) is 8.73. The second kappa shape index (κ2) is 7.37. The number of ether oxygens (including phenoxy) is 1. The van der Waals surface area contributed by atoms with Crippen LogP contribution in [-0.2, 0) is 19.9 Å². The van der Waals surface area contributed by atoms with Crippen molar-refractivity contribution in [1.29, 1.82) is 5.26 Å². The number of esters is 1. The number of anilines is 1. The van der Waals surface area contributed by atoms with Crippen LogP contribution >= 0.6 is 11.6 Å². The molecule has 0 aliphatic carbocycles. The van der Waals surface area contributed by atoms with Crippen LogP contribution in [-0.4, -0.2) is 37.0 Å². The Bertz CT molecular complexity index is 1120. The minimum atomic E-state index is -1.78. The summed E-state index contributed by atoms with van der Waals surface area (Å²) in [5.74, 6) is -1.66. The Labute approximate surface area is 186 Å². The van der Waals surface area contributed by atoms with Gasteiger partial charge in [-0.25, -0.2) is 0 Å². The molecule has 1 spiro atoms. The van der Waals surface area contributed by atoms with E-state index in [0.29, 0.717) is 22.8 Å². The van der Waals surface area contributed by atoms with Crippen LogP contribution in [0.1, 0.15) is 35.1 Å². The molecule has 2 aromatic rings. The van der Waals surface area contributed by atoms with Gasteiger partial charge in [-0.15, -0.1) is 0 Å². The van der Waals surface area contributed by atoms with Crippen molar-refractivity contribution in [2.24, 2.45) is 5.41 Å². The van der Waals surface area contributed by atoms with Gasteiger partial charge in [0.25, 0.3) is 5.91 Å². The van der Waals surface area contributed by atoms with Gasteiger partial charge in [0, 0.05) is 28.7 Å². The SMILES string of the molecule is CCOC(=O)[C@]1(C#N)[C@@H](c2ccc(Cl)cc2)CN(C)[C@@]12C(=O)Nc1c(C)cc(C)cc12. The number of nitrogens with one attached hydrogen (secondary N) is 1. The van der Waals surface area contributed by atoms with E-state index in [4.69, 9.17) is 16.3 Å². The predicted molar refractivity (Wildman–Crippen MR) is 118 cm³/mol. The molecule has 1 N–H and O–H groups in total. The molecule has 2 aromatic carbocycles. The molecule has 0 bridgehead atoms. The number of hydrogen-bond acceptors (Lipinski definition) is 5. The Hall–Kier alpha value is -2.88. The fourth-order valence-electron chi connectivity index (χ4n) is 5.41. The van der Waals surface area contributed by atoms with Crippen LogP contribution in [0.4, 0.5) is 5.69 Å². The van der Waals surface area contributed by atoms with Crippen LogP contribution < -0.4 is 5.32 Å². The smallest absolute Gasteiger partial charge is 0.330 e. The zero-order valence-corrected chi connectivity index (χ0v) is 18.7. The number of benzene rings is 2. The number of nitriles is 1. The van der Waals surface area contributed by atoms with Crippen molar-refractivity contribution >= 4 is 29.2 Å². The Morgan fingerprint density at radius 2 is 2.00 bits per heavy atom. The average molecular weight is 438 g/mol. The van der Waals surface area contributed by atoms with Crippen LogP contribution in [0.2, 0.25) is 5.02 Å². The van der Waals surface area contributed by atoms with Gasteiger partial charge >= 0.3 is 5.97 Å². The van der Waals surface area contributed by atoms with Gasteiger partial charge in [0.05, 0.1) is 12.7 Å². The van der Waals surface area contributed by atoms with Crippen molar-refractivity contribution < 1.29 is 14.3 Å². The molecule has 4 rings (SSSR count). The quantitative estimate of drug-likeness (QED) is 0.736. The van der Waals surface area contributed by atoms with Gasteiger partial charge < -0.3 is 10.1 Å². The number of likely N-dealkylation sites (tertiary alicyclic amines) is 1. The number of aryl methyl sites for hydroxylation is 2. The lowest BCUT2D eigenvalue weighted by Gasteiger charge is -2.40. The summed E-state index contributed by atoms with van der Waals surface area (Å²) in [6.45, 7) is 5.98. The number of amides is 1. The summed E-state index contributed by atoms with van der Waals surface area (Å²) in [4.78, 5) is 29.1. The van der Waals surface area contributed by atoms with Crippen molar-refractivity contribution in [2.45, 2.75) is 32.2 Å². The molecule has 7 heteroatoms. The summed E-state index contributed by atoms with van der Waals surface area (Å²) in [5, 5.41) is 14.2. The van der Waals surface area contributed by atoms with Gasteiger partial charge in [0.2, 0.25) is 0 Å². The van der Waals surface area contributed by atoms with Crippen molar-refractivity contribution in [3.8, 4) is 6.07 Å². The average Bonchev–Trinajstić information content (AvgIpc) is 3.17. The first-order valence-corrected chi connectivity index (χ1v) is 10.6. The summed E-state index contributed by atoms with van der Waals surface area (Å²) >= 11 is 6.08. The lowest BCUT2D eigenvalue weighted by molar-refractivity contribution is -0.161. The molecule has 31 heavy (non-hydrogen) atoms. The lowest BCUT2D eigenvalue weighted by atomic mass is 9.61. The molecule has 3 atom stereocenters. The number of hydrogen-bond donors (Lipinski definition) is 1. The zero-order chi connectivity index (χ0) is 22.6. The third-order valence-electron chi connectivity index (χ3n) is 6.61. The number of carbonyl (C=O) groups is 2. The largest absolute Gasteiger partial charge is 0.465 e. The van der Waals surface area contributed by atoms with E-state index in [1.807, 2.05) is 30.9 Å². The van der Waals surface area contributed by atoms with Gasteiger partial charge in [-0.3, -0.25) is 14.5 Å². The molecular weight excluding hydrogens is 414 g/mol. The van der Waals surface area contributed by atoms with Crippen LogP contribution in [0.3, 0.4) is 0 Å². The van der Waals surface area contributed by atoms with Crippen molar-refractivity contribution in [2.75, 3.05) is 25.5 Å². The predicted octanol–water partition coefficient (Wildman–Crippen LogP) is 3.91. The standard InChI is InChI=1S/C24H24ClN3O3/c1-5-31-22(30)23(13-26)19(16-6-8-17(25)9-7-16)12-28(4)24(23)18-11-14(2)10-15(3)20(18)27-21(24)29/h6-11,19H,5,12H2,1-4H3,(H,27,29)/t19-,23+,24+/m1/s1. The van der Waals surface area contributed by atoms with E-state index in [1.165, 1.54) is 0 Å². The highest BCUT2D eigenvalue weighted by atomic mass is 35.5. The van der Waals surface area contributed by atoms with Crippen molar-refractivity contribution in [3.63, 3.8) is 0 Å². The normalized spacial score (nSPS) is 27.1. The lowest BCUT2D eigenvalue weighted by Crippen LogP contribution is -2.58. The van der Waals surface area contributed by atoms with E-state index in [0.717, 1.165) is 16.7 Å². The number of rotatable bonds is 3. The summed E-state index contributed by atoms with van der Waals surface area (Å²) in [6.07, 6.45) is 0. The fourth-order valence-corrected chi connectivity index (χ4v) is 5.53. The molecule has 1 amide bonds. The number of halogens is 1. The molecular formula is C24H24ClN3O3. The Morgan fingerprint density at radius 1 is 1.32 bits per heavy atom. The van der Waals surface area contributed by atoms with Gasteiger partial charge in [-0.2, -0.15) is 5.26 Å². The first-order chi connectivity index (χ1) is 14.7. The number of carbonyl (C=O) groups excluding carboxylic acids is 2. The maximum atomic E-state index is 13.7. The molecule has 0 saturated carbocycles. The minimum absolute atomic E-state index is 0.108. The summed E-state index contributed by atoms with van der Waals surface area (Å²) in [6, 6.07) is 13.2. The maximum Gasteiger partial charge on any atom is 0.330 e. The summed E-state index contributed by atoms with van der Waals surface area (Å²) in [7, 11) is 1.79. The van der Waals surface area contributed by atoms with Gasteiger partial charge in [0.15, 0.2) is 11.0 Å². The number of likely N-dealkylation sites (N-methyl/N-ethyl adjacent to an activating group) is 1. The molecule has 6 nitrogen and oxygen atoms in total. The molecule has 2 aliphatic rings. The third-order valence-corrected chi connectivity index (χ3v) is 6.86. The minimum Gasteiger partial charge on any atom is -0.465 e. The summed E-state index contributed by atoms with van der Waals surface area (Å²) in [5.41, 5.74) is 0.608. The van der Waals surface area contributed by atoms with Gasteiger partial charge in [-0.05, 0) is 51.1 Å².